The van der Waals surface area contributed by atoms with Crippen molar-refractivity contribution in [2.45, 2.75) is 12.3 Å². The number of thiophene rings is 1. The lowest BCUT2D eigenvalue weighted by Crippen LogP contribution is -2.29. The monoisotopic (exact) mass is 364 g/mol. The summed E-state index contributed by atoms with van der Waals surface area (Å²) in [5, 5.41) is 2.59. The molecule has 0 unspecified atom stereocenters. The minimum absolute atomic E-state index is 0.0389. The maximum atomic E-state index is 12.4. The Labute approximate surface area is 139 Å². The number of rotatable bonds is 5. The van der Waals surface area contributed by atoms with Gasteiger partial charge in [0.15, 0.2) is 0 Å². The normalized spacial score (nSPS) is 12.9. The van der Waals surface area contributed by atoms with E-state index in [-0.39, 0.29) is 18.2 Å². The Hall–Kier alpha value is -1.64. The molecule has 0 saturated carbocycles. The number of carbonyl (C=O) groups is 1. The molecule has 0 bridgehead atoms. The molecule has 0 fully saturated rings. The summed E-state index contributed by atoms with van der Waals surface area (Å²) in [5.74, 6) is -0.532. The minimum Gasteiger partial charge on any atom is -0.374 e. The van der Waals surface area contributed by atoms with E-state index in [1.165, 1.54) is 18.4 Å². The zero-order valence-corrected chi connectivity index (χ0v) is 13.4. The van der Waals surface area contributed by atoms with Gasteiger partial charge in [-0.15, -0.1) is 11.3 Å². The summed E-state index contributed by atoms with van der Waals surface area (Å²) in [6.45, 7) is 0.160. The molecule has 124 valence electrons. The van der Waals surface area contributed by atoms with Crippen molar-refractivity contribution in [2.24, 2.45) is 0 Å². The maximum Gasteiger partial charge on any atom is 0.433 e. The number of methoxy groups -OCH3 is 1. The number of halogens is 4. The van der Waals surface area contributed by atoms with Gasteiger partial charge in [0.2, 0.25) is 0 Å². The molecule has 0 aliphatic rings. The first-order chi connectivity index (χ1) is 10.8. The quantitative estimate of drug-likeness (QED) is 0.874. The molecule has 2 aromatic rings. The average Bonchev–Trinajstić information content (AvgIpc) is 2.93. The maximum absolute atomic E-state index is 12.4. The van der Waals surface area contributed by atoms with Crippen LogP contribution in [0, 0.1) is 0 Å². The molecule has 0 aliphatic heterocycles. The lowest BCUT2D eigenvalue weighted by atomic mass is 10.2. The van der Waals surface area contributed by atoms with E-state index in [0.29, 0.717) is 4.34 Å². The van der Waals surface area contributed by atoms with Gasteiger partial charge >= 0.3 is 6.18 Å². The van der Waals surface area contributed by atoms with E-state index in [1.54, 1.807) is 12.1 Å². The minimum atomic E-state index is -4.53. The van der Waals surface area contributed by atoms with Crippen LogP contribution in [0.1, 0.15) is 27.0 Å². The number of alkyl halides is 3. The van der Waals surface area contributed by atoms with E-state index in [2.05, 4.69) is 10.3 Å². The Morgan fingerprint density at radius 1 is 1.39 bits per heavy atom. The smallest absolute Gasteiger partial charge is 0.374 e. The molecule has 2 rings (SSSR count). The molecule has 0 aliphatic carbocycles. The van der Waals surface area contributed by atoms with Crippen LogP contribution in [0.3, 0.4) is 0 Å². The second kappa shape index (κ2) is 7.29. The van der Waals surface area contributed by atoms with Crippen LogP contribution in [-0.4, -0.2) is 24.5 Å². The SMILES string of the molecule is CO[C@@H](CNC(=O)c1ccc(C(F)(F)F)nc1)c1ccc(Cl)s1. The number of amides is 1. The van der Waals surface area contributed by atoms with Crippen molar-refractivity contribution >= 4 is 28.8 Å². The summed E-state index contributed by atoms with van der Waals surface area (Å²) in [4.78, 5) is 16.0. The fraction of sp³-hybridized carbons (Fsp3) is 0.286. The fourth-order valence-corrected chi connectivity index (χ4v) is 2.92. The second-order valence-electron chi connectivity index (χ2n) is 4.51. The molecule has 1 amide bonds. The predicted molar refractivity (Wildman–Crippen MR) is 80.7 cm³/mol. The Bertz CT molecular complexity index is 673. The van der Waals surface area contributed by atoms with Crippen LogP contribution in [-0.2, 0) is 10.9 Å². The summed E-state index contributed by atoms with van der Waals surface area (Å²) >= 11 is 7.17. The number of hydrogen-bond acceptors (Lipinski definition) is 4. The van der Waals surface area contributed by atoms with Gasteiger partial charge in [-0.2, -0.15) is 13.2 Å². The van der Waals surface area contributed by atoms with E-state index < -0.39 is 17.8 Å². The van der Waals surface area contributed by atoms with Crippen molar-refractivity contribution in [3.8, 4) is 0 Å². The van der Waals surface area contributed by atoms with Gasteiger partial charge in [-0.05, 0) is 24.3 Å². The van der Waals surface area contributed by atoms with Gasteiger partial charge in [-0.1, -0.05) is 11.6 Å². The van der Waals surface area contributed by atoms with Gasteiger partial charge < -0.3 is 10.1 Å². The Balaban J connectivity index is 1.98. The van der Waals surface area contributed by atoms with Gasteiger partial charge in [0.25, 0.3) is 5.91 Å². The third kappa shape index (κ3) is 4.66. The van der Waals surface area contributed by atoms with Crippen molar-refractivity contribution in [2.75, 3.05) is 13.7 Å². The summed E-state index contributed by atoms with van der Waals surface area (Å²) in [6.07, 6.45) is -4.03. The zero-order valence-electron chi connectivity index (χ0n) is 11.9. The highest BCUT2D eigenvalue weighted by Gasteiger charge is 2.32. The van der Waals surface area contributed by atoms with Crippen molar-refractivity contribution in [1.82, 2.24) is 10.3 Å². The van der Waals surface area contributed by atoms with Gasteiger partial charge in [-0.25, -0.2) is 0 Å². The van der Waals surface area contributed by atoms with Gasteiger partial charge in [0, 0.05) is 24.7 Å². The predicted octanol–water partition coefficient (Wildman–Crippen LogP) is 3.93. The van der Waals surface area contributed by atoms with Crippen LogP contribution < -0.4 is 5.32 Å². The topological polar surface area (TPSA) is 51.2 Å². The van der Waals surface area contributed by atoms with E-state index in [4.69, 9.17) is 16.3 Å². The van der Waals surface area contributed by atoms with Crippen LogP contribution in [0.5, 0.6) is 0 Å². The Morgan fingerprint density at radius 2 is 2.13 bits per heavy atom. The molecule has 1 atom stereocenters. The number of hydrogen-bond donors (Lipinski definition) is 1. The molecule has 4 nitrogen and oxygen atoms in total. The molecular formula is C14H12ClF3N2O2S. The second-order valence-corrected chi connectivity index (χ2v) is 6.25. The summed E-state index contributed by atoms with van der Waals surface area (Å²) in [5.41, 5.74) is -1.01. The van der Waals surface area contributed by atoms with Gasteiger partial charge in [0.1, 0.15) is 11.8 Å². The fourth-order valence-electron chi connectivity index (χ4n) is 1.78. The summed E-state index contributed by atoms with van der Waals surface area (Å²) in [7, 11) is 1.49. The molecule has 1 N–H and O–H groups in total. The molecule has 0 spiro atoms. The number of nitrogens with one attached hydrogen (secondary N) is 1. The number of aromatic nitrogens is 1. The third-order valence-corrected chi connectivity index (χ3v) is 4.28. The molecular weight excluding hydrogens is 353 g/mol. The van der Waals surface area contributed by atoms with Crippen molar-refractivity contribution in [3.05, 3.63) is 50.9 Å². The Morgan fingerprint density at radius 3 is 2.61 bits per heavy atom. The number of nitrogens with zero attached hydrogens (tertiary/aromatic N) is 1. The first-order valence-corrected chi connectivity index (χ1v) is 7.60. The highest BCUT2D eigenvalue weighted by atomic mass is 35.5. The zero-order chi connectivity index (χ0) is 17.0. The molecule has 0 radical (unpaired) electrons. The van der Waals surface area contributed by atoms with Crippen LogP contribution in [0.25, 0.3) is 0 Å². The molecule has 0 aromatic carbocycles. The summed E-state index contributed by atoms with van der Waals surface area (Å²) in [6, 6.07) is 5.35. The van der Waals surface area contributed by atoms with E-state index in [9.17, 15) is 18.0 Å². The highest BCUT2D eigenvalue weighted by Crippen LogP contribution is 2.29. The largest absolute Gasteiger partial charge is 0.433 e. The lowest BCUT2D eigenvalue weighted by Gasteiger charge is -2.14. The molecule has 2 heterocycles. The summed E-state index contributed by atoms with van der Waals surface area (Å²) < 4.78 is 43.1. The van der Waals surface area contributed by atoms with Crippen molar-refractivity contribution in [3.63, 3.8) is 0 Å². The molecule has 0 saturated heterocycles. The average molecular weight is 365 g/mol. The van der Waals surface area contributed by atoms with Crippen LogP contribution >= 0.6 is 22.9 Å². The number of ether oxygens (including phenoxy) is 1. The molecule has 9 heteroatoms. The molecule has 2 aromatic heterocycles. The van der Waals surface area contributed by atoms with Gasteiger partial charge in [0.05, 0.1) is 9.90 Å². The Kier molecular flexibility index (Phi) is 5.61. The lowest BCUT2D eigenvalue weighted by molar-refractivity contribution is -0.141. The van der Waals surface area contributed by atoms with Crippen LogP contribution in [0.2, 0.25) is 4.34 Å². The van der Waals surface area contributed by atoms with Gasteiger partial charge in [-0.3, -0.25) is 9.78 Å². The highest BCUT2D eigenvalue weighted by molar-refractivity contribution is 7.16. The first kappa shape index (κ1) is 17.7. The van der Waals surface area contributed by atoms with E-state index in [0.717, 1.165) is 23.2 Å². The van der Waals surface area contributed by atoms with E-state index >= 15 is 0 Å². The first-order valence-electron chi connectivity index (χ1n) is 6.40. The van der Waals surface area contributed by atoms with Crippen LogP contribution in [0.15, 0.2) is 30.5 Å². The number of pyridine rings is 1. The van der Waals surface area contributed by atoms with Crippen molar-refractivity contribution < 1.29 is 22.7 Å². The van der Waals surface area contributed by atoms with E-state index in [1.807, 2.05) is 0 Å². The standard InChI is InChI=1S/C14H12ClF3N2O2S/c1-22-9(10-3-5-12(15)23-10)7-20-13(21)8-2-4-11(19-6-8)14(16,17)18/h2-6,9H,7H2,1H3,(H,20,21)/t9-/m0/s1. The molecule has 23 heavy (non-hydrogen) atoms. The third-order valence-electron chi connectivity index (χ3n) is 2.96. The van der Waals surface area contributed by atoms with Crippen LogP contribution in [0.4, 0.5) is 13.2 Å². The number of carbonyl (C=O) groups excluding carboxylic acids is 1. The van der Waals surface area contributed by atoms with Crippen molar-refractivity contribution in [1.29, 1.82) is 0 Å².